The molecular formula is C17H17N5S. The van der Waals surface area contributed by atoms with Crippen LogP contribution in [0.1, 0.15) is 30.3 Å². The number of pyridine rings is 1. The summed E-state index contributed by atoms with van der Waals surface area (Å²) in [5.74, 6) is 0.776. The number of nitrogens with zero attached hydrogens (tertiary/aromatic N) is 4. The van der Waals surface area contributed by atoms with Crippen molar-refractivity contribution < 1.29 is 0 Å². The van der Waals surface area contributed by atoms with Crippen molar-refractivity contribution in [1.82, 2.24) is 24.9 Å². The summed E-state index contributed by atoms with van der Waals surface area (Å²) < 4.78 is 0. The maximum atomic E-state index is 4.81. The molecule has 116 valence electrons. The van der Waals surface area contributed by atoms with Gasteiger partial charge >= 0.3 is 0 Å². The molecule has 1 aliphatic rings. The highest BCUT2D eigenvalue weighted by Crippen LogP contribution is 2.34. The van der Waals surface area contributed by atoms with Gasteiger partial charge in [-0.1, -0.05) is 6.92 Å². The fourth-order valence-electron chi connectivity index (χ4n) is 2.77. The third kappa shape index (κ3) is 2.86. The third-order valence-electron chi connectivity index (χ3n) is 4.01. The minimum atomic E-state index is 0.776. The van der Waals surface area contributed by atoms with E-state index in [4.69, 9.17) is 9.97 Å². The summed E-state index contributed by atoms with van der Waals surface area (Å²) in [6.07, 6.45) is 9.63. The zero-order valence-corrected chi connectivity index (χ0v) is 13.7. The molecule has 0 saturated heterocycles. The first-order valence-corrected chi connectivity index (χ1v) is 8.67. The number of hydrogen-bond donors (Lipinski definition) is 1. The number of fused-ring (bicyclic) bond motifs is 1. The largest absolute Gasteiger partial charge is 0.337 e. The van der Waals surface area contributed by atoms with Crippen LogP contribution >= 0.6 is 11.8 Å². The molecule has 3 aromatic rings. The Labute approximate surface area is 139 Å². The van der Waals surface area contributed by atoms with Crippen LogP contribution in [0.15, 0.2) is 40.9 Å². The van der Waals surface area contributed by atoms with Crippen LogP contribution in [0.2, 0.25) is 0 Å². The molecular weight excluding hydrogens is 306 g/mol. The highest BCUT2D eigenvalue weighted by atomic mass is 32.2. The molecule has 3 heterocycles. The van der Waals surface area contributed by atoms with Gasteiger partial charge in [-0.25, -0.2) is 15.0 Å². The van der Waals surface area contributed by atoms with Gasteiger partial charge in [0.1, 0.15) is 5.03 Å². The van der Waals surface area contributed by atoms with Crippen molar-refractivity contribution in [3.8, 4) is 11.4 Å². The molecule has 3 aromatic heterocycles. The molecule has 1 N–H and O–H groups in total. The third-order valence-corrected chi connectivity index (χ3v) is 4.94. The summed E-state index contributed by atoms with van der Waals surface area (Å²) in [5.41, 5.74) is 4.61. The molecule has 1 aliphatic carbocycles. The lowest BCUT2D eigenvalue weighted by molar-refractivity contribution is 0.895. The van der Waals surface area contributed by atoms with E-state index in [2.05, 4.69) is 21.9 Å². The van der Waals surface area contributed by atoms with Gasteiger partial charge < -0.3 is 4.98 Å². The lowest BCUT2D eigenvalue weighted by Crippen LogP contribution is -1.99. The average molecular weight is 323 g/mol. The fourth-order valence-corrected chi connectivity index (χ4v) is 3.72. The fraction of sp³-hybridized carbons (Fsp3) is 0.294. The van der Waals surface area contributed by atoms with Crippen LogP contribution in [-0.4, -0.2) is 24.9 Å². The van der Waals surface area contributed by atoms with Crippen molar-refractivity contribution >= 4 is 11.8 Å². The van der Waals surface area contributed by atoms with Gasteiger partial charge in [-0.3, -0.25) is 4.98 Å². The lowest BCUT2D eigenvalue weighted by atomic mass is 10.2. The molecule has 23 heavy (non-hydrogen) atoms. The quantitative estimate of drug-likeness (QED) is 0.745. The number of H-pyrrole nitrogens is 1. The van der Waals surface area contributed by atoms with Gasteiger partial charge in [0.15, 0.2) is 11.0 Å². The zero-order valence-electron chi connectivity index (χ0n) is 12.9. The Bertz CT molecular complexity index is 828. The molecule has 0 spiro atoms. The Morgan fingerprint density at radius 2 is 2.04 bits per heavy atom. The van der Waals surface area contributed by atoms with E-state index in [1.165, 1.54) is 11.3 Å². The van der Waals surface area contributed by atoms with Crippen molar-refractivity contribution in [3.05, 3.63) is 47.7 Å². The van der Waals surface area contributed by atoms with E-state index < -0.39 is 0 Å². The molecule has 0 radical (unpaired) electrons. The van der Waals surface area contributed by atoms with Gasteiger partial charge in [0.2, 0.25) is 0 Å². The van der Waals surface area contributed by atoms with Gasteiger partial charge in [0.25, 0.3) is 0 Å². The monoisotopic (exact) mass is 323 g/mol. The number of aromatic amines is 1. The van der Waals surface area contributed by atoms with E-state index in [9.17, 15) is 0 Å². The van der Waals surface area contributed by atoms with Crippen molar-refractivity contribution in [2.24, 2.45) is 0 Å². The molecule has 4 rings (SSSR count). The maximum Gasteiger partial charge on any atom is 0.171 e. The first kappa shape index (κ1) is 14.4. The summed E-state index contributed by atoms with van der Waals surface area (Å²) in [6.45, 7) is 2.12. The number of nitrogens with one attached hydrogen (secondary N) is 1. The first-order valence-electron chi connectivity index (χ1n) is 7.85. The van der Waals surface area contributed by atoms with E-state index in [0.29, 0.717) is 0 Å². The predicted molar refractivity (Wildman–Crippen MR) is 89.4 cm³/mol. The molecule has 0 aromatic carbocycles. The minimum Gasteiger partial charge on any atom is -0.337 e. The SMILES string of the molecule is CCc1cnc(Sc2nc(-c3ccncc3)nc3c2CCC3)[nH]1. The molecule has 0 bridgehead atoms. The van der Waals surface area contributed by atoms with E-state index >= 15 is 0 Å². The number of aromatic nitrogens is 5. The van der Waals surface area contributed by atoms with Gasteiger partial charge in [-0.2, -0.15) is 0 Å². The maximum absolute atomic E-state index is 4.81. The Balaban J connectivity index is 1.74. The second-order valence-corrected chi connectivity index (χ2v) is 6.51. The molecule has 6 heteroatoms. The molecule has 5 nitrogen and oxygen atoms in total. The van der Waals surface area contributed by atoms with Gasteiger partial charge in [0, 0.05) is 41.1 Å². The molecule has 0 aliphatic heterocycles. The highest BCUT2D eigenvalue weighted by Gasteiger charge is 2.21. The lowest BCUT2D eigenvalue weighted by Gasteiger charge is -2.08. The van der Waals surface area contributed by atoms with E-state index in [1.54, 1.807) is 24.2 Å². The van der Waals surface area contributed by atoms with Crippen LogP contribution in [0.25, 0.3) is 11.4 Å². The van der Waals surface area contributed by atoms with E-state index in [-0.39, 0.29) is 0 Å². The second-order valence-electron chi connectivity index (χ2n) is 5.54. The summed E-state index contributed by atoms with van der Waals surface area (Å²) in [6, 6.07) is 3.90. The molecule has 0 atom stereocenters. The van der Waals surface area contributed by atoms with Crippen LogP contribution in [0.3, 0.4) is 0 Å². The zero-order chi connectivity index (χ0) is 15.6. The molecule has 0 saturated carbocycles. The summed E-state index contributed by atoms with van der Waals surface area (Å²) in [7, 11) is 0. The average Bonchev–Trinajstić information content (AvgIpc) is 3.24. The number of imidazole rings is 1. The van der Waals surface area contributed by atoms with Crippen molar-refractivity contribution in [2.45, 2.75) is 42.8 Å². The smallest absolute Gasteiger partial charge is 0.171 e. The van der Waals surface area contributed by atoms with Crippen LogP contribution in [0.5, 0.6) is 0 Å². The molecule has 0 amide bonds. The van der Waals surface area contributed by atoms with Gasteiger partial charge in [-0.15, -0.1) is 0 Å². The van der Waals surface area contributed by atoms with Crippen LogP contribution < -0.4 is 0 Å². The number of rotatable bonds is 4. The van der Waals surface area contributed by atoms with Crippen LogP contribution in [0.4, 0.5) is 0 Å². The van der Waals surface area contributed by atoms with Gasteiger partial charge in [0.05, 0.1) is 0 Å². The summed E-state index contributed by atoms with van der Waals surface area (Å²) >= 11 is 1.60. The predicted octanol–water partition coefficient (Wildman–Crippen LogP) is 3.46. The standard InChI is InChI=1S/C17H17N5S/c1-2-12-10-19-17(20-12)23-16-13-4-3-5-14(13)21-15(22-16)11-6-8-18-9-7-11/h6-10H,2-5H2,1H3,(H,19,20). The minimum absolute atomic E-state index is 0.776. The topological polar surface area (TPSA) is 67.3 Å². The highest BCUT2D eigenvalue weighted by molar-refractivity contribution is 7.99. The number of aryl methyl sites for hydroxylation is 2. The van der Waals surface area contributed by atoms with E-state index in [0.717, 1.165) is 52.9 Å². The Morgan fingerprint density at radius 3 is 2.83 bits per heavy atom. The van der Waals surface area contributed by atoms with Crippen LogP contribution in [-0.2, 0) is 19.3 Å². The Hall–Kier alpha value is -2.21. The van der Waals surface area contributed by atoms with Gasteiger partial charge in [-0.05, 0) is 49.6 Å². The Morgan fingerprint density at radius 1 is 1.17 bits per heavy atom. The second kappa shape index (κ2) is 6.12. The molecule has 0 fully saturated rings. The van der Waals surface area contributed by atoms with E-state index in [1.807, 2.05) is 18.3 Å². The normalized spacial score (nSPS) is 13.3. The Kier molecular flexibility index (Phi) is 3.83. The van der Waals surface area contributed by atoms with Crippen molar-refractivity contribution in [2.75, 3.05) is 0 Å². The van der Waals surface area contributed by atoms with Crippen molar-refractivity contribution in [3.63, 3.8) is 0 Å². The van der Waals surface area contributed by atoms with Crippen molar-refractivity contribution in [1.29, 1.82) is 0 Å². The summed E-state index contributed by atoms with van der Waals surface area (Å²) in [4.78, 5) is 21.4. The van der Waals surface area contributed by atoms with Crippen LogP contribution in [0, 0.1) is 0 Å². The molecule has 0 unspecified atom stereocenters. The summed E-state index contributed by atoms with van der Waals surface area (Å²) in [5, 5.41) is 1.92. The first-order chi connectivity index (χ1) is 11.3. The number of hydrogen-bond acceptors (Lipinski definition) is 5.